The molecule has 5 heteroatoms. The van der Waals surface area contributed by atoms with Crippen molar-refractivity contribution >= 4 is 16.8 Å². The zero-order valence-electron chi connectivity index (χ0n) is 21.1. The van der Waals surface area contributed by atoms with Crippen LogP contribution in [0.25, 0.3) is 10.9 Å². The van der Waals surface area contributed by atoms with Gasteiger partial charge < -0.3 is 18.9 Å². The fraction of sp³-hybridized carbons (Fsp3) is 0.323. The third-order valence-corrected chi connectivity index (χ3v) is 7.42. The van der Waals surface area contributed by atoms with E-state index in [1.165, 1.54) is 27.6 Å². The smallest absolute Gasteiger partial charge is 0.223 e. The number of nitrogens with zero attached hydrogens (tertiary/aromatic N) is 2. The van der Waals surface area contributed by atoms with Crippen LogP contribution < -0.4 is 4.74 Å². The van der Waals surface area contributed by atoms with Crippen LogP contribution in [0.5, 0.6) is 5.75 Å². The highest BCUT2D eigenvalue weighted by molar-refractivity contribution is 5.86. The third kappa shape index (κ3) is 5.17. The van der Waals surface area contributed by atoms with E-state index < -0.39 is 0 Å². The summed E-state index contributed by atoms with van der Waals surface area (Å²) in [6, 6.07) is 27.3. The van der Waals surface area contributed by atoms with Crippen molar-refractivity contribution in [3.8, 4) is 5.75 Å². The van der Waals surface area contributed by atoms with E-state index in [-0.39, 0.29) is 17.7 Å². The summed E-state index contributed by atoms with van der Waals surface area (Å²) in [7, 11) is 1.69. The molecule has 186 valence electrons. The molecule has 1 aliphatic heterocycles. The van der Waals surface area contributed by atoms with Gasteiger partial charge in [0.2, 0.25) is 5.91 Å². The summed E-state index contributed by atoms with van der Waals surface area (Å²) in [6.07, 6.45) is 2.75. The van der Waals surface area contributed by atoms with Crippen LogP contribution in [0.3, 0.4) is 0 Å². The van der Waals surface area contributed by atoms with Gasteiger partial charge in [0, 0.05) is 49.1 Å². The molecule has 0 spiro atoms. The van der Waals surface area contributed by atoms with E-state index in [1.807, 2.05) is 23.1 Å². The molecule has 2 unspecified atom stereocenters. The highest BCUT2D eigenvalue weighted by atomic mass is 16.5. The maximum absolute atomic E-state index is 13.5. The van der Waals surface area contributed by atoms with Gasteiger partial charge in [-0.05, 0) is 40.8 Å². The number of benzene rings is 3. The summed E-state index contributed by atoms with van der Waals surface area (Å²) < 4.78 is 13.1. The predicted molar refractivity (Wildman–Crippen MR) is 144 cm³/mol. The summed E-state index contributed by atoms with van der Waals surface area (Å²) in [5.41, 5.74) is 4.88. The van der Waals surface area contributed by atoms with Crippen LogP contribution in [0.1, 0.15) is 41.9 Å². The Balaban J connectivity index is 1.53. The molecule has 0 N–H and O–H groups in total. The maximum atomic E-state index is 13.5. The molecule has 0 saturated carbocycles. The van der Waals surface area contributed by atoms with Crippen molar-refractivity contribution in [2.45, 2.75) is 31.7 Å². The number of aromatic nitrogens is 1. The molecule has 1 amide bonds. The maximum Gasteiger partial charge on any atom is 0.223 e. The van der Waals surface area contributed by atoms with Crippen molar-refractivity contribution in [3.05, 3.63) is 102 Å². The number of methoxy groups -OCH3 is 1. The fourth-order valence-electron chi connectivity index (χ4n) is 5.30. The highest BCUT2D eigenvalue weighted by Crippen LogP contribution is 2.40. The van der Waals surface area contributed by atoms with E-state index in [2.05, 4.69) is 78.4 Å². The van der Waals surface area contributed by atoms with Crippen molar-refractivity contribution in [3.63, 3.8) is 0 Å². The second kappa shape index (κ2) is 11.0. The van der Waals surface area contributed by atoms with Crippen molar-refractivity contribution < 1.29 is 14.3 Å². The van der Waals surface area contributed by atoms with E-state index in [0.717, 1.165) is 12.3 Å². The van der Waals surface area contributed by atoms with Crippen LogP contribution >= 0.6 is 0 Å². The molecule has 1 fully saturated rings. The number of morpholine rings is 1. The average molecular weight is 483 g/mol. The van der Waals surface area contributed by atoms with Gasteiger partial charge in [0.15, 0.2) is 0 Å². The molecule has 1 aromatic heterocycles. The van der Waals surface area contributed by atoms with Crippen molar-refractivity contribution in [1.29, 1.82) is 0 Å². The van der Waals surface area contributed by atoms with Gasteiger partial charge >= 0.3 is 0 Å². The second-order valence-electron chi connectivity index (χ2n) is 9.58. The molecular formula is C31H34N2O3. The standard InChI is InChI=1S/C31H34N2O3/c1-23(25-8-4-3-5-9-25)28(20-31(34)32-16-18-36-19-17-32)29-22-33(30-11-7-6-10-27(29)30)21-24-12-14-26(35-2)15-13-24/h3-15,22-23,28H,16-21H2,1-2H3. The minimum absolute atomic E-state index is 0.0600. The van der Waals surface area contributed by atoms with Gasteiger partial charge in [-0.15, -0.1) is 0 Å². The van der Waals surface area contributed by atoms with E-state index >= 15 is 0 Å². The molecule has 0 bridgehead atoms. The van der Waals surface area contributed by atoms with Gasteiger partial charge in [0.05, 0.1) is 20.3 Å². The van der Waals surface area contributed by atoms with E-state index in [0.29, 0.717) is 32.7 Å². The van der Waals surface area contributed by atoms with Crippen molar-refractivity contribution in [2.75, 3.05) is 33.4 Å². The lowest BCUT2D eigenvalue weighted by Crippen LogP contribution is -2.41. The van der Waals surface area contributed by atoms with Gasteiger partial charge in [0.1, 0.15) is 5.75 Å². The number of carbonyl (C=O) groups excluding carboxylic acids is 1. The van der Waals surface area contributed by atoms with Crippen molar-refractivity contribution in [2.24, 2.45) is 0 Å². The molecule has 36 heavy (non-hydrogen) atoms. The average Bonchev–Trinajstić information content (AvgIpc) is 3.30. The van der Waals surface area contributed by atoms with E-state index in [1.54, 1.807) is 7.11 Å². The Hall–Kier alpha value is -3.57. The monoisotopic (exact) mass is 482 g/mol. The second-order valence-corrected chi connectivity index (χ2v) is 9.58. The number of ether oxygens (including phenoxy) is 2. The molecule has 3 aromatic carbocycles. The van der Waals surface area contributed by atoms with Crippen molar-refractivity contribution in [1.82, 2.24) is 9.47 Å². The first kappa shape index (κ1) is 24.1. The molecular weight excluding hydrogens is 448 g/mol. The lowest BCUT2D eigenvalue weighted by molar-refractivity contribution is -0.135. The van der Waals surface area contributed by atoms with E-state index in [9.17, 15) is 4.79 Å². The third-order valence-electron chi connectivity index (χ3n) is 7.42. The number of carbonyl (C=O) groups is 1. The molecule has 1 saturated heterocycles. The first-order chi connectivity index (χ1) is 17.6. The minimum Gasteiger partial charge on any atom is -0.497 e. The lowest BCUT2D eigenvalue weighted by atomic mass is 9.80. The molecule has 5 nitrogen and oxygen atoms in total. The summed E-state index contributed by atoms with van der Waals surface area (Å²) in [6.45, 7) is 5.59. The van der Waals surface area contributed by atoms with Gasteiger partial charge in [-0.2, -0.15) is 0 Å². The summed E-state index contributed by atoms with van der Waals surface area (Å²) in [5.74, 6) is 1.31. The van der Waals surface area contributed by atoms with Crippen LogP contribution in [-0.2, 0) is 16.1 Å². The summed E-state index contributed by atoms with van der Waals surface area (Å²) in [5, 5.41) is 1.22. The van der Waals surface area contributed by atoms with Crippen LogP contribution in [0.15, 0.2) is 85.1 Å². The van der Waals surface area contributed by atoms with Crippen LogP contribution in [-0.4, -0.2) is 48.8 Å². The number of para-hydroxylation sites is 1. The minimum atomic E-state index is 0.0600. The molecule has 5 rings (SSSR count). The van der Waals surface area contributed by atoms with Gasteiger partial charge in [0.25, 0.3) is 0 Å². The molecule has 2 atom stereocenters. The molecule has 4 aromatic rings. The number of fused-ring (bicyclic) bond motifs is 1. The summed E-state index contributed by atoms with van der Waals surface area (Å²) in [4.78, 5) is 15.4. The van der Waals surface area contributed by atoms with Gasteiger partial charge in [-0.1, -0.05) is 67.6 Å². The fourth-order valence-corrected chi connectivity index (χ4v) is 5.30. The van der Waals surface area contributed by atoms with E-state index in [4.69, 9.17) is 9.47 Å². The van der Waals surface area contributed by atoms with Gasteiger partial charge in [-0.25, -0.2) is 0 Å². The Labute approximate surface area is 213 Å². The number of hydrogen-bond donors (Lipinski definition) is 0. The number of rotatable bonds is 8. The Morgan fingerprint density at radius 1 is 0.944 bits per heavy atom. The molecule has 0 aliphatic carbocycles. The lowest BCUT2D eigenvalue weighted by Gasteiger charge is -2.30. The molecule has 1 aliphatic rings. The first-order valence-corrected chi connectivity index (χ1v) is 12.7. The zero-order chi connectivity index (χ0) is 24.9. The van der Waals surface area contributed by atoms with Crippen LogP contribution in [0.4, 0.5) is 0 Å². The number of amides is 1. The number of hydrogen-bond acceptors (Lipinski definition) is 3. The Morgan fingerprint density at radius 3 is 2.36 bits per heavy atom. The highest BCUT2D eigenvalue weighted by Gasteiger charge is 2.29. The molecule has 0 radical (unpaired) electrons. The van der Waals surface area contributed by atoms with Gasteiger partial charge in [-0.3, -0.25) is 4.79 Å². The normalized spacial score (nSPS) is 15.6. The zero-order valence-corrected chi connectivity index (χ0v) is 21.1. The Morgan fingerprint density at radius 2 is 1.64 bits per heavy atom. The first-order valence-electron chi connectivity index (χ1n) is 12.7. The quantitative estimate of drug-likeness (QED) is 0.317. The largest absolute Gasteiger partial charge is 0.497 e. The predicted octanol–water partition coefficient (Wildman–Crippen LogP) is 5.83. The van der Waals surface area contributed by atoms with Crippen LogP contribution in [0, 0.1) is 0 Å². The molecule has 2 heterocycles. The Kier molecular flexibility index (Phi) is 7.38. The Bertz CT molecular complexity index is 1290. The SMILES string of the molecule is COc1ccc(Cn2cc(C(CC(=O)N3CCOCC3)C(C)c3ccccc3)c3ccccc32)cc1. The van der Waals surface area contributed by atoms with Crippen LogP contribution in [0.2, 0.25) is 0 Å². The summed E-state index contributed by atoms with van der Waals surface area (Å²) >= 11 is 0. The topological polar surface area (TPSA) is 43.7 Å².